The number of para-hydroxylation sites is 2. The number of pyridine rings is 2. The van der Waals surface area contributed by atoms with Gasteiger partial charge in [-0.25, -0.2) is 9.37 Å². The third kappa shape index (κ3) is 9.44. The van der Waals surface area contributed by atoms with Gasteiger partial charge in [0.15, 0.2) is 0 Å². The zero-order chi connectivity index (χ0) is 45.0. The molecule has 0 aliphatic rings. The SMILES string of the molecule is CC(C)Cc1cc(-c2[c-]cccc2)ncc1[Si](C)(C)C.CC(C)c1cc(C(C)(C)C)cc(C(C)C)c1-n1c(-c2[c-]ccc3c2sc2nc4ccc(F)cc4cc23)nc2ccccc21.[Ir]. The Balaban J connectivity index is 0.000000246. The van der Waals surface area contributed by atoms with Gasteiger partial charge in [-0.1, -0.05) is 129 Å². The number of aromatic nitrogens is 4. The number of halogens is 1. The van der Waals surface area contributed by atoms with Gasteiger partial charge >= 0.3 is 0 Å². The topological polar surface area (TPSA) is 43.6 Å². The molecule has 0 amide bonds. The van der Waals surface area contributed by atoms with Crippen molar-refractivity contribution in [3.05, 3.63) is 150 Å². The van der Waals surface area contributed by atoms with Crippen LogP contribution in [-0.2, 0) is 31.9 Å². The van der Waals surface area contributed by atoms with E-state index in [1.807, 2.05) is 24.3 Å². The summed E-state index contributed by atoms with van der Waals surface area (Å²) in [5.74, 6) is 1.91. The number of hydrogen-bond donors (Lipinski definition) is 0. The first-order valence-corrected chi connectivity index (χ1v) is 26.7. The molecule has 64 heavy (non-hydrogen) atoms. The minimum Gasteiger partial charge on any atom is -0.333 e. The summed E-state index contributed by atoms with van der Waals surface area (Å²) in [7, 11) is -1.34. The number of hydrogen-bond acceptors (Lipinski definition) is 4. The number of imidazole rings is 1. The molecule has 0 unspecified atom stereocenters. The van der Waals surface area contributed by atoms with Gasteiger partial charge in [0.25, 0.3) is 0 Å². The normalized spacial score (nSPS) is 12.2. The summed E-state index contributed by atoms with van der Waals surface area (Å²) in [6, 6.07) is 41.3. The van der Waals surface area contributed by atoms with Gasteiger partial charge < -0.3 is 9.55 Å². The Morgan fingerprint density at radius 2 is 1.45 bits per heavy atom. The van der Waals surface area contributed by atoms with Crippen molar-refractivity contribution < 1.29 is 24.5 Å². The van der Waals surface area contributed by atoms with Crippen LogP contribution in [0.5, 0.6) is 0 Å². The largest absolute Gasteiger partial charge is 0.333 e. The fraction of sp³-hybridized carbons (Fsp3) is 0.304. The molecule has 4 heterocycles. The average molecular weight is 1060 g/mol. The molecule has 1 radical (unpaired) electrons. The summed E-state index contributed by atoms with van der Waals surface area (Å²) in [4.78, 5) is 15.8. The van der Waals surface area contributed by atoms with Gasteiger partial charge in [0.1, 0.15) is 10.6 Å². The molecule has 9 rings (SSSR count). The first kappa shape index (κ1) is 47.1. The minimum atomic E-state index is -1.34. The van der Waals surface area contributed by atoms with Gasteiger partial charge in [-0.2, -0.15) is 11.3 Å². The Kier molecular flexibility index (Phi) is 13.7. The van der Waals surface area contributed by atoms with E-state index in [-0.39, 0.29) is 31.3 Å². The van der Waals surface area contributed by atoms with Crippen molar-refractivity contribution in [3.8, 4) is 28.3 Å². The van der Waals surface area contributed by atoms with E-state index in [4.69, 9.17) is 9.97 Å². The zero-order valence-corrected chi connectivity index (χ0v) is 43.5. The molecule has 0 spiro atoms. The molecule has 9 aromatic rings. The van der Waals surface area contributed by atoms with Crippen LogP contribution in [0, 0.1) is 23.9 Å². The van der Waals surface area contributed by atoms with E-state index < -0.39 is 8.07 Å². The first-order valence-electron chi connectivity index (χ1n) is 22.3. The Hall–Kier alpha value is -4.85. The van der Waals surface area contributed by atoms with Gasteiger partial charge in [-0.3, -0.25) is 4.98 Å². The van der Waals surface area contributed by atoms with Gasteiger partial charge in [0, 0.05) is 42.8 Å². The van der Waals surface area contributed by atoms with Crippen molar-refractivity contribution in [2.75, 3.05) is 0 Å². The molecule has 5 aromatic carbocycles. The second-order valence-corrected chi connectivity index (χ2v) is 26.1. The summed E-state index contributed by atoms with van der Waals surface area (Å²) in [6.45, 7) is 27.7. The van der Waals surface area contributed by atoms with Crippen molar-refractivity contribution >= 4 is 66.8 Å². The van der Waals surface area contributed by atoms with Gasteiger partial charge in [-0.15, -0.1) is 54.1 Å². The average Bonchev–Trinajstić information content (AvgIpc) is 3.80. The van der Waals surface area contributed by atoms with Crippen LogP contribution in [0.25, 0.3) is 70.6 Å². The van der Waals surface area contributed by atoms with Crippen LogP contribution in [0.1, 0.15) is 96.4 Å². The predicted molar refractivity (Wildman–Crippen MR) is 270 cm³/mol. The van der Waals surface area contributed by atoms with Crippen LogP contribution in [0.15, 0.2) is 109 Å². The van der Waals surface area contributed by atoms with E-state index in [2.05, 4.69) is 170 Å². The smallest absolute Gasteiger partial charge is 0.123 e. The van der Waals surface area contributed by atoms with Crippen LogP contribution < -0.4 is 5.19 Å². The second kappa shape index (κ2) is 18.6. The van der Waals surface area contributed by atoms with Crippen molar-refractivity contribution in [3.63, 3.8) is 0 Å². The van der Waals surface area contributed by atoms with Gasteiger partial charge in [0.2, 0.25) is 0 Å². The first-order chi connectivity index (χ1) is 29.9. The molecule has 4 nitrogen and oxygen atoms in total. The number of nitrogens with zero attached hydrogens (tertiary/aromatic N) is 4. The van der Waals surface area contributed by atoms with Crippen LogP contribution in [0.3, 0.4) is 0 Å². The van der Waals surface area contributed by atoms with E-state index in [1.54, 1.807) is 23.5 Å². The zero-order valence-electron chi connectivity index (χ0n) is 39.2. The molecule has 0 N–H and O–H groups in total. The molecule has 0 saturated heterocycles. The molecular weight excluding hydrogens is 1000 g/mol. The molecule has 331 valence electrons. The second-order valence-electron chi connectivity index (χ2n) is 20.0. The molecule has 8 heteroatoms. The summed E-state index contributed by atoms with van der Waals surface area (Å²) in [5, 5.41) is 4.40. The molecule has 4 aromatic heterocycles. The van der Waals surface area contributed by atoms with Crippen LogP contribution in [0.2, 0.25) is 19.6 Å². The Bertz CT molecular complexity index is 3090. The molecule has 0 atom stereocenters. The summed E-state index contributed by atoms with van der Waals surface area (Å²) in [6.07, 6.45) is 3.24. The Morgan fingerprint density at radius 3 is 2.09 bits per heavy atom. The van der Waals surface area contributed by atoms with Crippen LogP contribution >= 0.6 is 11.3 Å². The number of rotatable bonds is 8. The number of thiophene rings is 1. The van der Waals surface area contributed by atoms with Crippen LogP contribution in [0.4, 0.5) is 4.39 Å². The quantitative estimate of drug-likeness (QED) is 0.112. The Labute approximate surface area is 397 Å². The molecule has 0 fully saturated rings. The van der Waals surface area contributed by atoms with Crippen LogP contribution in [-0.4, -0.2) is 27.6 Å². The standard InChI is InChI=1S/C38H35FN3S.C18H24NSi.Ir/c1-21(2)28-19-24(38(5,6)7)20-29(22(3)4)34(28)42-33-14-9-8-13-32(33)40-36(42)27-12-10-11-26-30-18-23-17-25(39)15-16-31(23)41-37(30)43-35(26)27;1-14(2)11-16-12-17(15-9-7-6-8-10-15)19-13-18(16)20(3,4)5;/h8-11,13-22H,1-7H3;6-9,12-14H,11H2,1-5H3;/q2*-1;. The molecule has 0 aliphatic carbocycles. The van der Waals surface area contributed by atoms with E-state index in [1.165, 1.54) is 39.2 Å². The van der Waals surface area contributed by atoms with E-state index in [0.717, 1.165) is 71.3 Å². The van der Waals surface area contributed by atoms with E-state index >= 15 is 0 Å². The Morgan fingerprint density at radius 1 is 0.750 bits per heavy atom. The molecule has 0 saturated carbocycles. The predicted octanol–water partition coefficient (Wildman–Crippen LogP) is 15.4. The van der Waals surface area contributed by atoms with Crippen molar-refractivity contribution in [2.24, 2.45) is 5.92 Å². The summed E-state index contributed by atoms with van der Waals surface area (Å²) >= 11 is 1.65. The molecule has 0 bridgehead atoms. The summed E-state index contributed by atoms with van der Waals surface area (Å²) < 4.78 is 17.6. The van der Waals surface area contributed by atoms with E-state index in [9.17, 15) is 4.39 Å². The third-order valence-corrected chi connectivity index (χ3v) is 15.1. The maximum Gasteiger partial charge on any atom is 0.123 e. The fourth-order valence-corrected chi connectivity index (χ4v) is 11.4. The van der Waals surface area contributed by atoms with Crippen molar-refractivity contribution in [1.82, 2.24) is 19.5 Å². The maximum atomic E-state index is 14.1. The van der Waals surface area contributed by atoms with E-state index in [0.29, 0.717) is 17.8 Å². The number of benzene rings is 5. The number of fused-ring (bicyclic) bond motifs is 5. The minimum absolute atomic E-state index is 0. The molecule has 0 aliphatic heterocycles. The maximum absolute atomic E-state index is 14.1. The molecular formula is C56H59FIrN4SSi-2. The summed E-state index contributed by atoms with van der Waals surface area (Å²) in [5.41, 5.74) is 12.6. The van der Waals surface area contributed by atoms with Crippen molar-refractivity contribution in [1.29, 1.82) is 0 Å². The third-order valence-electron chi connectivity index (χ3n) is 11.9. The van der Waals surface area contributed by atoms with Gasteiger partial charge in [-0.05, 0) is 98.3 Å². The monoisotopic (exact) mass is 1060 g/mol. The fourth-order valence-electron chi connectivity index (χ4n) is 8.62. The van der Waals surface area contributed by atoms with Gasteiger partial charge in [0.05, 0.1) is 30.4 Å². The van der Waals surface area contributed by atoms with Crippen molar-refractivity contribution in [2.45, 2.75) is 106 Å².